The minimum Gasteiger partial charge on any atom is -0.493 e. The fourth-order valence-corrected chi connectivity index (χ4v) is 3.90. The monoisotopic (exact) mass is 353 g/mol. The van der Waals surface area contributed by atoms with Crippen molar-refractivity contribution in [3.05, 3.63) is 45.1 Å². The standard InChI is InChI=1S/C17H17F2NO3S/c1-22-13-7-10(5-6-12(13)23-17(18)19)9-20-16(21)15-8-11-3-2-4-14(11)24-15/h5-8,17H,2-4,9H2,1H3,(H,20,21). The van der Waals surface area contributed by atoms with E-state index in [1.165, 1.54) is 23.6 Å². The lowest BCUT2D eigenvalue weighted by Gasteiger charge is -2.11. The first kappa shape index (κ1) is 16.7. The SMILES string of the molecule is COc1cc(CNC(=O)c2cc3c(s2)CCC3)ccc1OC(F)F. The Bertz CT molecular complexity index is 724. The molecule has 4 nitrogen and oxygen atoms in total. The number of fused-ring (bicyclic) bond motifs is 1. The zero-order chi connectivity index (χ0) is 17.1. The molecule has 1 aromatic carbocycles. The van der Waals surface area contributed by atoms with Crippen LogP contribution in [0.25, 0.3) is 0 Å². The van der Waals surface area contributed by atoms with Crippen LogP contribution in [-0.2, 0) is 19.4 Å². The third-order valence-electron chi connectivity index (χ3n) is 3.87. The molecule has 0 radical (unpaired) electrons. The van der Waals surface area contributed by atoms with Gasteiger partial charge >= 0.3 is 6.61 Å². The van der Waals surface area contributed by atoms with Crippen molar-refractivity contribution < 1.29 is 23.0 Å². The third kappa shape index (κ3) is 3.67. The molecule has 0 unspecified atom stereocenters. The van der Waals surface area contributed by atoms with Crippen molar-refractivity contribution in [2.24, 2.45) is 0 Å². The number of aryl methyl sites for hydroxylation is 2. The van der Waals surface area contributed by atoms with E-state index < -0.39 is 6.61 Å². The van der Waals surface area contributed by atoms with Gasteiger partial charge in [-0.25, -0.2) is 0 Å². The van der Waals surface area contributed by atoms with E-state index in [1.807, 2.05) is 6.07 Å². The topological polar surface area (TPSA) is 47.6 Å². The zero-order valence-corrected chi connectivity index (χ0v) is 13.9. The predicted octanol–water partition coefficient (Wildman–Crippen LogP) is 3.78. The van der Waals surface area contributed by atoms with Crippen LogP contribution < -0.4 is 14.8 Å². The van der Waals surface area contributed by atoms with Crippen LogP contribution in [-0.4, -0.2) is 19.6 Å². The highest BCUT2D eigenvalue weighted by Gasteiger charge is 2.18. The molecule has 1 N–H and O–H groups in total. The highest BCUT2D eigenvalue weighted by Crippen LogP contribution is 2.31. The summed E-state index contributed by atoms with van der Waals surface area (Å²) in [5.41, 5.74) is 2.02. The Kier molecular flexibility index (Phi) is 4.99. The molecule has 3 rings (SSSR count). The molecule has 0 saturated heterocycles. The van der Waals surface area contributed by atoms with Gasteiger partial charge in [0.1, 0.15) is 0 Å². The van der Waals surface area contributed by atoms with Gasteiger partial charge in [0.15, 0.2) is 11.5 Å². The van der Waals surface area contributed by atoms with Gasteiger partial charge in [0.2, 0.25) is 0 Å². The molecule has 1 amide bonds. The smallest absolute Gasteiger partial charge is 0.387 e. The first-order valence-corrected chi connectivity index (χ1v) is 8.40. The number of carbonyl (C=O) groups is 1. The van der Waals surface area contributed by atoms with Crippen molar-refractivity contribution in [3.63, 3.8) is 0 Å². The molecule has 1 aromatic heterocycles. The Balaban J connectivity index is 1.64. The number of benzene rings is 1. The highest BCUT2D eigenvalue weighted by molar-refractivity contribution is 7.14. The molecule has 128 valence electrons. The van der Waals surface area contributed by atoms with Crippen molar-refractivity contribution >= 4 is 17.2 Å². The maximum atomic E-state index is 12.3. The molecule has 0 bridgehead atoms. The molecule has 1 heterocycles. The maximum absolute atomic E-state index is 12.3. The minimum atomic E-state index is -2.91. The normalized spacial score (nSPS) is 13.0. The van der Waals surface area contributed by atoms with Gasteiger partial charge in [-0.3, -0.25) is 4.79 Å². The summed E-state index contributed by atoms with van der Waals surface area (Å²) in [5, 5.41) is 2.84. The van der Waals surface area contributed by atoms with Crippen molar-refractivity contribution in [2.75, 3.05) is 7.11 Å². The largest absolute Gasteiger partial charge is 0.493 e. The summed E-state index contributed by atoms with van der Waals surface area (Å²) in [6.45, 7) is -2.63. The zero-order valence-electron chi connectivity index (χ0n) is 13.1. The van der Waals surface area contributed by atoms with Gasteiger partial charge in [-0.15, -0.1) is 11.3 Å². The number of alkyl halides is 2. The lowest BCUT2D eigenvalue weighted by molar-refractivity contribution is -0.0512. The number of nitrogens with one attached hydrogen (secondary N) is 1. The molecule has 0 aliphatic heterocycles. The Morgan fingerprint density at radius 1 is 1.29 bits per heavy atom. The van der Waals surface area contributed by atoms with Crippen molar-refractivity contribution in [1.82, 2.24) is 5.32 Å². The van der Waals surface area contributed by atoms with Crippen LogP contribution in [0.15, 0.2) is 24.3 Å². The summed E-state index contributed by atoms with van der Waals surface area (Å²) in [6.07, 6.45) is 3.26. The number of methoxy groups -OCH3 is 1. The van der Waals surface area contributed by atoms with Crippen LogP contribution in [0.2, 0.25) is 0 Å². The Morgan fingerprint density at radius 3 is 2.83 bits per heavy atom. The van der Waals surface area contributed by atoms with Gasteiger partial charge in [0.05, 0.1) is 12.0 Å². The van der Waals surface area contributed by atoms with E-state index in [1.54, 1.807) is 23.5 Å². The van der Waals surface area contributed by atoms with Gasteiger partial charge in [-0.2, -0.15) is 8.78 Å². The molecular formula is C17H17F2NO3S. The Hall–Kier alpha value is -2.15. The second-order valence-corrected chi connectivity index (χ2v) is 6.60. The average Bonchev–Trinajstić information content (AvgIpc) is 3.14. The van der Waals surface area contributed by atoms with Gasteiger partial charge in [0, 0.05) is 11.4 Å². The molecule has 1 aliphatic rings. The van der Waals surface area contributed by atoms with Gasteiger partial charge in [-0.05, 0) is 48.6 Å². The van der Waals surface area contributed by atoms with Crippen LogP contribution in [0.4, 0.5) is 8.78 Å². The van der Waals surface area contributed by atoms with E-state index in [2.05, 4.69) is 10.1 Å². The minimum absolute atomic E-state index is 0.0303. The number of halogens is 2. The summed E-state index contributed by atoms with van der Waals surface area (Å²) in [4.78, 5) is 14.2. The second kappa shape index (κ2) is 7.17. The highest BCUT2D eigenvalue weighted by atomic mass is 32.1. The first-order chi connectivity index (χ1) is 11.6. The first-order valence-electron chi connectivity index (χ1n) is 7.58. The molecule has 7 heteroatoms. The summed E-state index contributed by atoms with van der Waals surface area (Å²) in [5.74, 6) is 0.0516. The average molecular weight is 353 g/mol. The van der Waals surface area contributed by atoms with E-state index in [0.717, 1.165) is 24.8 Å². The fourth-order valence-electron chi connectivity index (χ4n) is 2.73. The second-order valence-electron chi connectivity index (χ2n) is 5.46. The fraction of sp³-hybridized carbons (Fsp3) is 0.353. The number of amides is 1. The van der Waals surface area contributed by atoms with E-state index in [-0.39, 0.29) is 24.0 Å². The molecule has 24 heavy (non-hydrogen) atoms. The van der Waals surface area contributed by atoms with Gasteiger partial charge in [-0.1, -0.05) is 6.07 Å². The van der Waals surface area contributed by atoms with Crippen molar-refractivity contribution in [1.29, 1.82) is 0 Å². The number of carbonyl (C=O) groups excluding carboxylic acids is 1. The number of hydrogen-bond donors (Lipinski definition) is 1. The van der Waals surface area contributed by atoms with Crippen LogP contribution >= 0.6 is 11.3 Å². The van der Waals surface area contributed by atoms with E-state index in [0.29, 0.717) is 4.88 Å². The summed E-state index contributed by atoms with van der Waals surface area (Å²) >= 11 is 1.54. The van der Waals surface area contributed by atoms with E-state index in [9.17, 15) is 13.6 Å². The van der Waals surface area contributed by atoms with E-state index >= 15 is 0 Å². The number of ether oxygens (including phenoxy) is 2. The van der Waals surface area contributed by atoms with Crippen LogP contribution in [0.5, 0.6) is 11.5 Å². The molecule has 0 atom stereocenters. The third-order valence-corrected chi connectivity index (χ3v) is 5.10. The predicted molar refractivity (Wildman–Crippen MR) is 87.1 cm³/mol. The molecule has 0 saturated carbocycles. The Labute approximate surface area is 142 Å². The van der Waals surface area contributed by atoms with Gasteiger partial charge in [0.25, 0.3) is 5.91 Å². The molecular weight excluding hydrogens is 336 g/mol. The van der Waals surface area contributed by atoms with Gasteiger partial charge < -0.3 is 14.8 Å². The summed E-state index contributed by atoms with van der Waals surface area (Å²) in [7, 11) is 1.38. The molecule has 0 spiro atoms. The lowest BCUT2D eigenvalue weighted by atomic mass is 10.2. The molecule has 1 aliphatic carbocycles. The number of rotatable bonds is 6. The number of thiophene rings is 1. The van der Waals surface area contributed by atoms with Crippen LogP contribution in [0, 0.1) is 0 Å². The number of hydrogen-bond acceptors (Lipinski definition) is 4. The van der Waals surface area contributed by atoms with Crippen molar-refractivity contribution in [3.8, 4) is 11.5 Å². The summed E-state index contributed by atoms with van der Waals surface area (Å²) in [6, 6.07) is 6.57. The lowest BCUT2D eigenvalue weighted by Crippen LogP contribution is -2.21. The quantitative estimate of drug-likeness (QED) is 0.860. The van der Waals surface area contributed by atoms with E-state index in [4.69, 9.17) is 4.74 Å². The van der Waals surface area contributed by atoms with Crippen molar-refractivity contribution in [2.45, 2.75) is 32.4 Å². The van der Waals surface area contributed by atoms with Crippen LogP contribution in [0.1, 0.15) is 32.1 Å². The summed E-state index contributed by atoms with van der Waals surface area (Å²) < 4.78 is 34.1. The molecule has 2 aromatic rings. The van der Waals surface area contributed by atoms with Crippen LogP contribution in [0.3, 0.4) is 0 Å². The Morgan fingerprint density at radius 2 is 2.12 bits per heavy atom. The molecule has 0 fully saturated rings. The maximum Gasteiger partial charge on any atom is 0.387 e.